The first-order chi connectivity index (χ1) is 23.5. The molecule has 0 saturated carbocycles. The van der Waals surface area contributed by atoms with E-state index in [0.29, 0.717) is 29.5 Å². The summed E-state index contributed by atoms with van der Waals surface area (Å²) in [6.45, 7) is 2.48. The molecule has 2 heterocycles. The van der Waals surface area contributed by atoms with Crippen molar-refractivity contribution in [2.45, 2.75) is 32.7 Å². The molecule has 6 rings (SSSR count). The first kappa shape index (κ1) is 38.1. The second-order valence-corrected chi connectivity index (χ2v) is 14.8. The van der Waals surface area contributed by atoms with E-state index in [1.807, 2.05) is 126 Å². The summed E-state index contributed by atoms with van der Waals surface area (Å²) < 4.78 is 81.3. The molecule has 0 atom stereocenters. The van der Waals surface area contributed by atoms with Crippen molar-refractivity contribution in [2.24, 2.45) is 0 Å². The summed E-state index contributed by atoms with van der Waals surface area (Å²) in [7, 11) is -8.56. The van der Waals surface area contributed by atoms with Crippen LogP contribution in [0.25, 0.3) is 39.4 Å². The van der Waals surface area contributed by atoms with Gasteiger partial charge in [0.1, 0.15) is 0 Å². The predicted molar refractivity (Wildman–Crippen MR) is 188 cm³/mol. The normalized spacial score (nSPS) is 14.1. The molecule has 13 heteroatoms. The number of nitrogens with zero attached hydrogens (tertiary/aromatic N) is 2. The number of anilines is 1. The van der Waals surface area contributed by atoms with E-state index >= 15 is 0 Å². The van der Waals surface area contributed by atoms with Crippen molar-refractivity contribution in [1.82, 2.24) is 0 Å². The third kappa shape index (κ3) is 9.60. The molecule has 0 unspecified atom stereocenters. The first-order valence-corrected chi connectivity index (χ1v) is 19.1. The van der Waals surface area contributed by atoms with E-state index in [-0.39, 0.29) is 77.3 Å². The van der Waals surface area contributed by atoms with E-state index in [1.165, 1.54) is 0 Å². The number of aromatic nitrogens is 1. The Morgan fingerprint density at radius 3 is 2.10 bits per heavy atom. The van der Waals surface area contributed by atoms with Gasteiger partial charge in [0, 0.05) is 30.9 Å². The molecule has 1 N–H and O–H groups in total. The van der Waals surface area contributed by atoms with Crippen molar-refractivity contribution >= 4 is 43.1 Å². The van der Waals surface area contributed by atoms with Crippen LogP contribution in [0.5, 0.6) is 5.75 Å². The van der Waals surface area contributed by atoms with Crippen LogP contribution in [0.15, 0.2) is 119 Å². The topological polar surface area (TPSA) is 141 Å². The smallest absolute Gasteiger partial charge is 0.748 e. The fraction of sp³-hybridized carbons (Fsp3) is 0.216. The molecule has 0 aliphatic carbocycles. The molecule has 0 saturated heterocycles. The largest absolute Gasteiger partial charge is 1.00 e. The first-order valence-electron chi connectivity index (χ1n) is 15.9. The number of benzene rings is 4. The van der Waals surface area contributed by atoms with Gasteiger partial charge in [0.05, 0.1) is 27.6 Å². The van der Waals surface area contributed by atoms with Crippen LogP contribution < -0.4 is 65.6 Å². The molecule has 1 aliphatic heterocycles. The summed E-state index contributed by atoms with van der Waals surface area (Å²) >= 11 is 0. The molecule has 0 radical (unpaired) electrons. The molecular weight excluding hydrogens is 704 g/mol. The molecule has 254 valence electrons. The average molecular weight is 740 g/mol. The predicted octanol–water partition coefficient (Wildman–Crippen LogP) is 3.81. The minimum atomic E-state index is -4.40. The molecular formula is C37H36KN2O8S2+. The van der Waals surface area contributed by atoms with Gasteiger partial charge in [-0.1, -0.05) is 79.7 Å². The maximum atomic E-state index is 11.6. The van der Waals surface area contributed by atoms with Crippen molar-refractivity contribution in [3.05, 3.63) is 120 Å². The fourth-order valence-corrected chi connectivity index (χ4v) is 6.84. The summed E-state index contributed by atoms with van der Waals surface area (Å²) in [6.07, 6.45) is 4.56. The second-order valence-electron chi connectivity index (χ2n) is 11.8. The molecule has 0 bridgehead atoms. The van der Waals surface area contributed by atoms with Crippen LogP contribution in [0.1, 0.15) is 32.1 Å². The quantitative estimate of drug-likeness (QED) is 0.109. The Morgan fingerprint density at radius 2 is 1.48 bits per heavy atom. The number of fused-ring (bicyclic) bond motifs is 2. The van der Waals surface area contributed by atoms with Crippen molar-refractivity contribution in [2.75, 3.05) is 23.0 Å². The number of ether oxygens (including phenoxy) is 1. The van der Waals surface area contributed by atoms with E-state index in [2.05, 4.69) is 0 Å². The zero-order chi connectivity index (χ0) is 34.6. The van der Waals surface area contributed by atoms with Crippen LogP contribution in [0, 0.1) is 0 Å². The van der Waals surface area contributed by atoms with Crippen LogP contribution in [-0.4, -0.2) is 44.0 Å². The summed E-state index contributed by atoms with van der Waals surface area (Å²) in [5.41, 5.74) is 6.89. The van der Waals surface area contributed by atoms with E-state index in [4.69, 9.17) is 9.15 Å². The maximum absolute atomic E-state index is 11.6. The Kier molecular flexibility index (Phi) is 12.6. The Labute approximate surface area is 335 Å². The van der Waals surface area contributed by atoms with Crippen LogP contribution in [0.4, 0.5) is 5.69 Å². The number of hydrogen-bond donors (Lipinski definition) is 1. The van der Waals surface area contributed by atoms with Gasteiger partial charge in [0.25, 0.3) is 15.6 Å². The van der Waals surface area contributed by atoms with Crippen molar-refractivity contribution < 1.29 is 91.0 Å². The van der Waals surface area contributed by atoms with E-state index in [0.717, 1.165) is 39.0 Å². The van der Waals surface area contributed by atoms with Gasteiger partial charge in [-0.2, -0.15) is 13.0 Å². The third-order valence-corrected chi connectivity index (χ3v) is 9.85. The summed E-state index contributed by atoms with van der Waals surface area (Å²) in [5.74, 6) is 0.657. The molecule has 1 aliphatic rings. The minimum absolute atomic E-state index is 0. The Hall–Kier alpha value is -3.11. The van der Waals surface area contributed by atoms with Gasteiger partial charge < -0.3 is 18.6 Å². The summed E-state index contributed by atoms with van der Waals surface area (Å²) in [5, 5.41) is 0. The standard InChI is InChI=1S/C37H36N2O8S2.K/c1-2-27(23-36-38(19-9-21-48(40,41)42)32-25-30(15-17-34(32)46-36)28-11-5-3-6-12-28)24-37-39(20-10-22-49(43,44)45)33-26-31(16-18-35(33)47-37)29-13-7-4-8-14-29;/h3-8,11-18,23-26H,2,9-10,19-22H2,1H3,(H-,40,41,42,43,44,45);/q;+1. The number of hydrogen-bond acceptors (Lipinski definition) is 8. The Balaban J connectivity index is 0.00000486. The van der Waals surface area contributed by atoms with Gasteiger partial charge in [-0.25, -0.2) is 8.42 Å². The molecule has 0 amide bonds. The van der Waals surface area contributed by atoms with Gasteiger partial charge in [0.15, 0.2) is 12.3 Å². The zero-order valence-electron chi connectivity index (χ0n) is 27.9. The SMILES string of the molecule is CCC(=Cc1oc2ccc(-c3ccccc3)cc2[n+]1CCCS(=O)(=O)[O-])C=C1Oc2ccc(-c3ccccc3)cc2N1CCCS(=O)(=O)O.[K+]. The zero-order valence-corrected chi connectivity index (χ0v) is 32.6. The summed E-state index contributed by atoms with van der Waals surface area (Å²) in [6, 6.07) is 31.4. The molecule has 50 heavy (non-hydrogen) atoms. The van der Waals surface area contributed by atoms with Crippen molar-refractivity contribution in [3.63, 3.8) is 0 Å². The molecule has 0 spiro atoms. The Morgan fingerprint density at radius 1 is 0.840 bits per heavy atom. The van der Waals surface area contributed by atoms with Gasteiger partial charge in [-0.05, 0) is 58.9 Å². The second kappa shape index (κ2) is 16.5. The van der Waals surface area contributed by atoms with Gasteiger partial charge in [-0.3, -0.25) is 4.55 Å². The van der Waals surface area contributed by atoms with E-state index in [9.17, 15) is 25.9 Å². The van der Waals surface area contributed by atoms with Gasteiger partial charge in [0.2, 0.25) is 11.5 Å². The van der Waals surface area contributed by atoms with Crippen LogP contribution >= 0.6 is 0 Å². The van der Waals surface area contributed by atoms with Crippen LogP contribution in [0.2, 0.25) is 0 Å². The maximum Gasteiger partial charge on any atom is 1.00 e. The summed E-state index contributed by atoms with van der Waals surface area (Å²) in [4.78, 5) is 1.90. The number of aryl methyl sites for hydroxylation is 1. The molecule has 10 nitrogen and oxygen atoms in total. The number of oxazole rings is 1. The molecule has 4 aromatic carbocycles. The van der Waals surface area contributed by atoms with Crippen LogP contribution in [0.3, 0.4) is 0 Å². The number of rotatable bonds is 13. The van der Waals surface area contributed by atoms with E-state index < -0.39 is 31.7 Å². The third-order valence-electron chi connectivity index (χ3n) is 8.26. The van der Waals surface area contributed by atoms with Crippen LogP contribution in [-0.2, 0) is 26.8 Å². The van der Waals surface area contributed by atoms with Crippen molar-refractivity contribution in [1.29, 1.82) is 0 Å². The van der Waals surface area contributed by atoms with Gasteiger partial charge in [-0.15, -0.1) is 0 Å². The number of allylic oxidation sites excluding steroid dienone is 2. The van der Waals surface area contributed by atoms with E-state index in [1.54, 1.807) is 0 Å². The monoisotopic (exact) mass is 739 g/mol. The molecule has 1 aromatic heterocycles. The molecule has 5 aromatic rings. The Bertz CT molecular complexity index is 2250. The van der Waals surface area contributed by atoms with Gasteiger partial charge >= 0.3 is 57.3 Å². The average Bonchev–Trinajstić information content (AvgIpc) is 3.60. The molecule has 0 fully saturated rings. The van der Waals surface area contributed by atoms with Crippen molar-refractivity contribution in [3.8, 4) is 28.0 Å². The fourth-order valence-electron chi connectivity index (χ4n) is 5.87. The minimum Gasteiger partial charge on any atom is -0.748 e.